The first-order valence-electron chi connectivity index (χ1n) is 10.4. The maximum absolute atomic E-state index is 12.5. The van der Waals surface area contributed by atoms with Crippen LogP contribution in [0.15, 0.2) is 23.0 Å². The summed E-state index contributed by atoms with van der Waals surface area (Å²) in [6.45, 7) is 6.46. The van der Waals surface area contributed by atoms with Crippen LogP contribution in [0.1, 0.15) is 55.2 Å². The molecule has 2 rings (SSSR count). The molecule has 170 valence electrons. The van der Waals surface area contributed by atoms with Gasteiger partial charge in [0.15, 0.2) is 0 Å². The molecule has 1 aromatic heterocycles. The number of sulfonamides is 1. The zero-order valence-corrected chi connectivity index (χ0v) is 19.0. The van der Waals surface area contributed by atoms with E-state index in [1.807, 2.05) is 20.8 Å². The SMILES string of the molecule is CCCOc1ccc(C(=O)NCCCS(N)(=O)=O)cc1-c1nc(CC)c(CC)c(=O)[nH]1. The maximum atomic E-state index is 12.5. The fraction of sp³-hybridized carbons (Fsp3) is 0.476. The number of carbonyl (C=O) groups is 1. The van der Waals surface area contributed by atoms with Gasteiger partial charge < -0.3 is 15.0 Å². The van der Waals surface area contributed by atoms with Crippen LogP contribution in [0.2, 0.25) is 0 Å². The molecule has 2 aromatic rings. The van der Waals surface area contributed by atoms with Gasteiger partial charge in [-0.15, -0.1) is 0 Å². The van der Waals surface area contributed by atoms with Gasteiger partial charge in [0, 0.05) is 17.7 Å². The van der Waals surface area contributed by atoms with Gasteiger partial charge in [0.1, 0.15) is 11.6 Å². The Bertz CT molecular complexity index is 1080. The van der Waals surface area contributed by atoms with E-state index in [1.165, 1.54) is 0 Å². The highest BCUT2D eigenvalue weighted by Gasteiger charge is 2.17. The Balaban J connectivity index is 2.37. The van der Waals surface area contributed by atoms with Crippen LogP contribution >= 0.6 is 0 Å². The summed E-state index contributed by atoms with van der Waals surface area (Å²) in [5, 5.41) is 7.64. The number of hydrogen-bond acceptors (Lipinski definition) is 6. The van der Waals surface area contributed by atoms with E-state index in [4.69, 9.17) is 9.88 Å². The van der Waals surface area contributed by atoms with E-state index in [1.54, 1.807) is 18.2 Å². The summed E-state index contributed by atoms with van der Waals surface area (Å²) in [6, 6.07) is 4.90. The summed E-state index contributed by atoms with van der Waals surface area (Å²) in [4.78, 5) is 32.5. The number of rotatable bonds is 11. The number of aromatic amines is 1. The van der Waals surface area contributed by atoms with Gasteiger partial charge in [0.05, 0.1) is 23.6 Å². The number of nitrogens with two attached hydrogens (primary N) is 1. The van der Waals surface area contributed by atoms with E-state index >= 15 is 0 Å². The molecule has 1 aromatic carbocycles. The number of nitrogens with one attached hydrogen (secondary N) is 2. The lowest BCUT2D eigenvalue weighted by molar-refractivity contribution is 0.0953. The number of H-pyrrole nitrogens is 1. The molecular formula is C21H30N4O5S. The van der Waals surface area contributed by atoms with Crippen molar-refractivity contribution in [1.29, 1.82) is 0 Å². The quantitative estimate of drug-likeness (QED) is 0.445. The van der Waals surface area contributed by atoms with E-state index in [2.05, 4.69) is 15.3 Å². The first kappa shape index (κ1) is 24.5. The van der Waals surface area contributed by atoms with E-state index in [-0.39, 0.29) is 30.2 Å². The van der Waals surface area contributed by atoms with Gasteiger partial charge >= 0.3 is 0 Å². The predicted molar refractivity (Wildman–Crippen MR) is 120 cm³/mol. The largest absolute Gasteiger partial charge is 0.493 e. The summed E-state index contributed by atoms with van der Waals surface area (Å²) in [6.07, 6.45) is 2.19. The summed E-state index contributed by atoms with van der Waals surface area (Å²) in [5.74, 6) is 0.272. The molecule has 0 aliphatic carbocycles. The van der Waals surface area contributed by atoms with Crippen LogP contribution in [0.4, 0.5) is 0 Å². The van der Waals surface area contributed by atoms with Gasteiger partial charge in [-0.2, -0.15) is 0 Å². The van der Waals surface area contributed by atoms with Crippen molar-refractivity contribution in [2.24, 2.45) is 5.14 Å². The Hall–Kier alpha value is -2.72. The molecule has 0 aliphatic rings. The van der Waals surface area contributed by atoms with Crippen molar-refractivity contribution in [3.05, 3.63) is 45.4 Å². The third-order valence-electron chi connectivity index (χ3n) is 4.64. The third kappa shape index (κ3) is 6.90. The number of aromatic nitrogens is 2. The van der Waals surface area contributed by atoms with Crippen LogP contribution in [0.25, 0.3) is 11.4 Å². The van der Waals surface area contributed by atoms with Crippen molar-refractivity contribution >= 4 is 15.9 Å². The minimum atomic E-state index is -3.57. The molecule has 0 bridgehead atoms. The summed E-state index contributed by atoms with van der Waals surface area (Å²) < 4.78 is 27.8. The number of nitrogens with zero attached hydrogens (tertiary/aromatic N) is 1. The zero-order valence-electron chi connectivity index (χ0n) is 18.2. The molecule has 31 heavy (non-hydrogen) atoms. The van der Waals surface area contributed by atoms with Crippen molar-refractivity contribution in [3.63, 3.8) is 0 Å². The molecule has 0 atom stereocenters. The Kier molecular flexibility index (Phi) is 8.76. The van der Waals surface area contributed by atoms with Crippen LogP contribution < -0.4 is 20.8 Å². The molecule has 0 radical (unpaired) electrons. The monoisotopic (exact) mass is 450 g/mol. The second-order valence-corrected chi connectivity index (χ2v) is 8.82. The van der Waals surface area contributed by atoms with Crippen molar-refractivity contribution in [1.82, 2.24) is 15.3 Å². The van der Waals surface area contributed by atoms with E-state index < -0.39 is 10.0 Å². The minimum Gasteiger partial charge on any atom is -0.493 e. The fourth-order valence-corrected chi connectivity index (χ4v) is 3.65. The van der Waals surface area contributed by atoms with E-state index in [9.17, 15) is 18.0 Å². The lowest BCUT2D eigenvalue weighted by atomic mass is 10.1. The molecule has 9 nitrogen and oxygen atoms in total. The first-order valence-corrected chi connectivity index (χ1v) is 12.1. The highest BCUT2D eigenvalue weighted by Crippen LogP contribution is 2.29. The average molecular weight is 451 g/mol. The number of hydrogen-bond donors (Lipinski definition) is 3. The maximum Gasteiger partial charge on any atom is 0.254 e. The molecule has 0 aliphatic heterocycles. The van der Waals surface area contributed by atoms with Gasteiger partial charge in [-0.3, -0.25) is 9.59 Å². The molecule has 0 saturated carbocycles. The van der Waals surface area contributed by atoms with Gasteiger partial charge in [0.25, 0.3) is 11.5 Å². The Morgan fingerprint density at radius 3 is 2.58 bits per heavy atom. The standard InChI is InChI=1S/C21H30N4O5S/c1-4-11-30-18-9-8-14(20(26)23-10-7-12-31(22,28)29)13-16(18)19-24-17(6-3)15(5-2)21(27)25-19/h8-9,13H,4-7,10-12H2,1-3H3,(H,23,26)(H2,22,28,29)(H,24,25,27). The van der Waals surface area contributed by atoms with Crippen molar-refractivity contribution in [3.8, 4) is 17.1 Å². The number of amides is 1. The summed E-state index contributed by atoms with van der Waals surface area (Å²) in [5.41, 5.74) is 2.00. The van der Waals surface area contributed by atoms with Gasteiger partial charge in [-0.1, -0.05) is 20.8 Å². The highest BCUT2D eigenvalue weighted by atomic mass is 32.2. The number of primary sulfonamides is 1. The molecule has 4 N–H and O–H groups in total. The predicted octanol–water partition coefficient (Wildman–Crippen LogP) is 1.76. The Morgan fingerprint density at radius 2 is 1.97 bits per heavy atom. The van der Waals surface area contributed by atoms with Crippen molar-refractivity contribution < 1.29 is 17.9 Å². The minimum absolute atomic E-state index is 0.166. The van der Waals surface area contributed by atoms with Crippen molar-refractivity contribution in [2.75, 3.05) is 18.9 Å². The molecular weight excluding hydrogens is 420 g/mol. The molecule has 10 heteroatoms. The van der Waals surface area contributed by atoms with Crippen LogP contribution in [-0.2, 0) is 22.9 Å². The first-order chi connectivity index (χ1) is 14.7. The Labute approximate surface area is 182 Å². The molecule has 0 fully saturated rings. The van der Waals surface area contributed by atoms with Gasteiger partial charge in [-0.25, -0.2) is 18.5 Å². The van der Waals surface area contributed by atoms with E-state index in [0.29, 0.717) is 53.4 Å². The molecule has 0 unspecified atom stereocenters. The lowest BCUT2D eigenvalue weighted by Crippen LogP contribution is -2.27. The highest BCUT2D eigenvalue weighted by molar-refractivity contribution is 7.89. The number of carbonyl (C=O) groups excluding carboxylic acids is 1. The topological polar surface area (TPSA) is 144 Å². The summed E-state index contributed by atoms with van der Waals surface area (Å²) >= 11 is 0. The fourth-order valence-electron chi connectivity index (χ4n) is 3.10. The zero-order chi connectivity index (χ0) is 23.0. The third-order valence-corrected chi connectivity index (χ3v) is 5.50. The second kappa shape index (κ2) is 11.1. The average Bonchev–Trinajstić information content (AvgIpc) is 2.73. The number of benzene rings is 1. The van der Waals surface area contributed by atoms with Crippen LogP contribution in [0.5, 0.6) is 5.75 Å². The van der Waals surface area contributed by atoms with E-state index in [0.717, 1.165) is 6.42 Å². The molecule has 1 heterocycles. The number of aryl methyl sites for hydroxylation is 1. The van der Waals surface area contributed by atoms with Crippen LogP contribution in [-0.4, -0.2) is 43.2 Å². The smallest absolute Gasteiger partial charge is 0.254 e. The van der Waals surface area contributed by atoms with Crippen LogP contribution in [0, 0.1) is 0 Å². The molecule has 1 amide bonds. The summed E-state index contributed by atoms with van der Waals surface area (Å²) in [7, 11) is -3.57. The second-order valence-electron chi connectivity index (χ2n) is 7.08. The Morgan fingerprint density at radius 1 is 1.23 bits per heavy atom. The number of ether oxygens (including phenoxy) is 1. The molecule has 0 saturated heterocycles. The van der Waals surface area contributed by atoms with Gasteiger partial charge in [0.2, 0.25) is 10.0 Å². The van der Waals surface area contributed by atoms with Crippen molar-refractivity contribution in [2.45, 2.75) is 46.5 Å². The van der Waals surface area contributed by atoms with Gasteiger partial charge in [-0.05, 0) is 43.9 Å². The van der Waals surface area contributed by atoms with Crippen LogP contribution in [0.3, 0.4) is 0 Å². The molecule has 0 spiro atoms. The lowest BCUT2D eigenvalue weighted by Gasteiger charge is -2.14. The normalized spacial score (nSPS) is 11.4.